The summed E-state index contributed by atoms with van der Waals surface area (Å²) in [4.78, 5) is 26.0. The largest absolute Gasteiger partial charge is 0.319 e. The van der Waals surface area contributed by atoms with E-state index in [0.29, 0.717) is 0 Å². The van der Waals surface area contributed by atoms with Crippen molar-refractivity contribution in [3.05, 3.63) is 56.6 Å². The van der Waals surface area contributed by atoms with Gasteiger partial charge >= 0.3 is 5.69 Å². The lowest BCUT2D eigenvalue weighted by molar-refractivity contribution is -0.385. The van der Waals surface area contributed by atoms with Crippen LogP contribution >= 0.6 is 11.6 Å². The van der Waals surface area contributed by atoms with E-state index in [1.165, 1.54) is 12.3 Å². The number of pyridine rings is 1. The summed E-state index contributed by atoms with van der Waals surface area (Å²) in [6, 6.07) is 4.90. The van der Waals surface area contributed by atoms with E-state index >= 15 is 0 Å². The Labute approximate surface area is 119 Å². The second-order valence-corrected chi connectivity index (χ2v) is 4.51. The van der Waals surface area contributed by atoms with Crippen molar-refractivity contribution in [3.8, 4) is 0 Å². The summed E-state index contributed by atoms with van der Waals surface area (Å²) in [5.74, 6) is -0.622. The summed E-state index contributed by atoms with van der Waals surface area (Å²) in [5.41, 5.74) is 3.55. The fourth-order valence-corrected chi connectivity index (χ4v) is 2.02. The number of rotatable bonds is 3. The van der Waals surface area contributed by atoms with Crippen LogP contribution in [-0.4, -0.2) is 20.5 Å². The Morgan fingerprint density at radius 1 is 1.35 bits per heavy atom. The van der Waals surface area contributed by atoms with E-state index in [-0.39, 0.29) is 10.7 Å². The van der Waals surface area contributed by atoms with Gasteiger partial charge in [-0.15, -0.1) is 0 Å². The fraction of sp³-hybridized carbons (Fsp3) is 0.167. The van der Waals surface area contributed by atoms with E-state index in [1.807, 2.05) is 12.1 Å². The predicted octanol–water partition coefficient (Wildman–Crippen LogP) is 2.45. The Morgan fingerprint density at radius 2 is 1.95 bits per heavy atom. The van der Waals surface area contributed by atoms with Crippen LogP contribution in [-0.2, 0) is 0 Å². The van der Waals surface area contributed by atoms with Crippen LogP contribution in [0.2, 0.25) is 5.15 Å². The zero-order chi connectivity index (χ0) is 14.9. The summed E-state index contributed by atoms with van der Waals surface area (Å²) in [6.45, 7) is 3.61. The number of nitro groups is 1. The van der Waals surface area contributed by atoms with Crippen molar-refractivity contribution < 1.29 is 9.72 Å². The van der Waals surface area contributed by atoms with Crippen molar-refractivity contribution in [1.29, 1.82) is 0 Å². The van der Waals surface area contributed by atoms with Gasteiger partial charge in [0.15, 0.2) is 0 Å². The first-order valence-electron chi connectivity index (χ1n) is 5.67. The van der Waals surface area contributed by atoms with Crippen LogP contribution < -0.4 is 5.43 Å². The molecule has 0 aliphatic rings. The smallest absolute Gasteiger partial charge is 0.267 e. The molecule has 2 aromatic rings. The zero-order valence-corrected chi connectivity index (χ0v) is 11.5. The Balaban J connectivity index is 2.40. The molecule has 0 spiro atoms. The molecule has 0 fully saturated rings. The summed E-state index contributed by atoms with van der Waals surface area (Å²) in [5, 5.41) is 10.7. The van der Waals surface area contributed by atoms with Gasteiger partial charge in [-0.25, -0.2) is 4.98 Å². The Kier molecular flexibility index (Phi) is 3.71. The van der Waals surface area contributed by atoms with Crippen molar-refractivity contribution in [2.24, 2.45) is 0 Å². The monoisotopic (exact) mass is 294 g/mol. The minimum Gasteiger partial charge on any atom is -0.267 e. The Hall–Kier alpha value is -2.41. The molecular weight excluding hydrogens is 284 g/mol. The molecule has 0 saturated carbocycles. The highest BCUT2D eigenvalue weighted by Gasteiger charge is 2.25. The average Bonchev–Trinajstić information content (AvgIpc) is 2.69. The quantitative estimate of drug-likeness (QED) is 0.535. The second kappa shape index (κ2) is 5.30. The maximum atomic E-state index is 12.2. The first kappa shape index (κ1) is 14.0. The van der Waals surface area contributed by atoms with E-state index < -0.39 is 16.5 Å². The zero-order valence-electron chi connectivity index (χ0n) is 10.8. The molecular formula is C12H11ClN4O3. The van der Waals surface area contributed by atoms with Gasteiger partial charge < -0.3 is 0 Å². The molecule has 0 atom stereocenters. The number of nitrogens with zero attached hydrogens (tertiary/aromatic N) is 3. The normalized spacial score (nSPS) is 10.3. The molecule has 104 valence electrons. The fourth-order valence-electron chi connectivity index (χ4n) is 1.79. The molecule has 0 aliphatic heterocycles. The molecule has 1 N–H and O–H groups in total. The van der Waals surface area contributed by atoms with E-state index in [0.717, 1.165) is 11.4 Å². The molecule has 0 radical (unpaired) electrons. The number of hydrogen-bond donors (Lipinski definition) is 1. The van der Waals surface area contributed by atoms with Gasteiger partial charge in [0.2, 0.25) is 5.15 Å². The lowest BCUT2D eigenvalue weighted by atomic mass is 10.2. The molecule has 0 aliphatic carbocycles. The molecule has 0 aromatic carbocycles. The topological polar surface area (TPSA) is 90.1 Å². The van der Waals surface area contributed by atoms with Crippen LogP contribution in [0.15, 0.2) is 24.4 Å². The lowest BCUT2D eigenvalue weighted by Crippen LogP contribution is -2.25. The lowest BCUT2D eigenvalue weighted by Gasteiger charge is -2.11. The van der Waals surface area contributed by atoms with Crippen LogP contribution in [0.1, 0.15) is 21.7 Å². The van der Waals surface area contributed by atoms with Gasteiger partial charge in [0, 0.05) is 17.6 Å². The summed E-state index contributed by atoms with van der Waals surface area (Å²) >= 11 is 5.67. The van der Waals surface area contributed by atoms with E-state index in [4.69, 9.17) is 11.6 Å². The van der Waals surface area contributed by atoms with Crippen molar-refractivity contribution in [3.63, 3.8) is 0 Å². The van der Waals surface area contributed by atoms with Crippen molar-refractivity contribution in [2.45, 2.75) is 13.8 Å². The van der Waals surface area contributed by atoms with Gasteiger partial charge in [-0.05, 0) is 32.0 Å². The predicted molar refractivity (Wildman–Crippen MR) is 73.5 cm³/mol. The number of hydrogen-bond acceptors (Lipinski definition) is 4. The van der Waals surface area contributed by atoms with Gasteiger partial charge in [-0.3, -0.25) is 25.0 Å². The Morgan fingerprint density at radius 3 is 2.50 bits per heavy atom. The molecule has 20 heavy (non-hydrogen) atoms. The van der Waals surface area contributed by atoms with E-state index in [9.17, 15) is 14.9 Å². The van der Waals surface area contributed by atoms with E-state index in [2.05, 4.69) is 10.4 Å². The van der Waals surface area contributed by atoms with Crippen LogP contribution in [0.3, 0.4) is 0 Å². The first-order chi connectivity index (χ1) is 9.41. The maximum absolute atomic E-state index is 12.2. The number of aryl methyl sites for hydroxylation is 2. The SMILES string of the molecule is Cc1ccc(C)n1NC(=O)c1ccnc(Cl)c1[N+](=O)[O-]. The molecule has 2 aromatic heterocycles. The number of nitrogens with one attached hydrogen (secondary N) is 1. The summed E-state index contributed by atoms with van der Waals surface area (Å²) in [6.07, 6.45) is 1.25. The second-order valence-electron chi connectivity index (χ2n) is 4.15. The molecule has 2 rings (SSSR count). The molecule has 0 saturated heterocycles. The maximum Gasteiger partial charge on any atom is 0.319 e. The van der Waals surface area contributed by atoms with Crippen LogP contribution in [0, 0.1) is 24.0 Å². The minimum absolute atomic E-state index is 0.137. The molecule has 1 amide bonds. The minimum atomic E-state index is -0.723. The molecule has 0 unspecified atom stereocenters. The van der Waals surface area contributed by atoms with Gasteiger partial charge in [-0.2, -0.15) is 0 Å². The van der Waals surface area contributed by atoms with Crippen molar-refractivity contribution in [2.75, 3.05) is 5.43 Å². The standard InChI is InChI=1S/C12H11ClN4O3/c1-7-3-4-8(2)16(7)15-12(18)9-5-6-14-11(13)10(9)17(19)20/h3-6H,1-2H3,(H,15,18). The number of halogens is 1. The molecule has 8 heteroatoms. The third-order valence-corrected chi connectivity index (χ3v) is 3.07. The van der Waals surface area contributed by atoms with Crippen LogP contribution in [0.25, 0.3) is 0 Å². The Bertz CT molecular complexity index is 677. The molecule has 2 heterocycles. The number of aromatic nitrogens is 2. The van der Waals surface area contributed by atoms with Gasteiger partial charge in [0.05, 0.1) is 4.92 Å². The van der Waals surface area contributed by atoms with Crippen LogP contribution in [0.4, 0.5) is 5.69 Å². The number of carbonyl (C=O) groups is 1. The summed E-state index contributed by atoms with van der Waals surface area (Å²) < 4.78 is 1.54. The molecule has 0 bridgehead atoms. The highest BCUT2D eigenvalue weighted by molar-refractivity contribution is 6.32. The third-order valence-electron chi connectivity index (χ3n) is 2.79. The van der Waals surface area contributed by atoms with Crippen molar-refractivity contribution in [1.82, 2.24) is 9.66 Å². The number of carbonyl (C=O) groups excluding carboxylic acids is 1. The van der Waals surface area contributed by atoms with Crippen LogP contribution in [0.5, 0.6) is 0 Å². The number of amides is 1. The highest BCUT2D eigenvalue weighted by Crippen LogP contribution is 2.26. The molecule has 7 nitrogen and oxygen atoms in total. The average molecular weight is 295 g/mol. The first-order valence-corrected chi connectivity index (χ1v) is 6.05. The highest BCUT2D eigenvalue weighted by atomic mass is 35.5. The van der Waals surface area contributed by atoms with Crippen molar-refractivity contribution >= 4 is 23.2 Å². The van der Waals surface area contributed by atoms with Gasteiger partial charge in [0.1, 0.15) is 5.56 Å². The van der Waals surface area contributed by atoms with Gasteiger partial charge in [0.25, 0.3) is 5.91 Å². The summed E-state index contributed by atoms with van der Waals surface area (Å²) in [7, 11) is 0. The van der Waals surface area contributed by atoms with Gasteiger partial charge in [-0.1, -0.05) is 11.6 Å². The third kappa shape index (κ3) is 2.48. The van der Waals surface area contributed by atoms with E-state index in [1.54, 1.807) is 18.5 Å².